The van der Waals surface area contributed by atoms with Crippen LogP contribution in [0.15, 0.2) is 53.4 Å². The number of halogens is 1. The summed E-state index contributed by atoms with van der Waals surface area (Å²) in [6, 6.07) is 14.3. The van der Waals surface area contributed by atoms with E-state index in [2.05, 4.69) is 28.9 Å². The van der Waals surface area contributed by atoms with E-state index >= 15 is 0 Å². The fourth-order valence-electron chi connectivity index (χ4n) is 3.03. The Bertz CT molecular complexity index is 962. The van der Waals surface area contributed by atoms with E-state index < -0.39 is 10.0 Å². The number of carbonyl (C=O) groups is 1. The van der Waals surface area contributed by atoms with Crippen LogP contribution >= 0.6 is 11.6 Å². The first-order valence-corrected chi connectivity index (χ1v) is 11.5. The normalized spacial score (nSPS) is 15.3. The van der Waals surface area contributed by atoms with Crippen molar-refractivity contribution in [3.05, 3.63) is 64.7 Å². The van der Waals surface area contributed by atoms with Crippen molar-refractivity contribution in [2.45, 2.75) is 43.3 Å². The lowest BCUT2D eigenvalue weighted by atomic mass is 10.2. The number of nitrogens with one attached hydrogen (secondary N) is 2. The maximum absolute atomic E-state index is 12.7. The number of benzene rings is 2. The van der Waals surface area contributed by atoms with Crippen LogP contribution in [0.2, 0.25) is 5.02 Å². The third-order valence-electron chi connectivity index (χ3n) is 5.17. The minimum atomic E-state index is -3.86. The largest absolute Gasteiger partial charge is 0.350 e. The highest BCUT2D eigenvalue weighted by Crippen LogP contribution is 2.27. The highest BCUT2D eigenvalue weighted by molar-refractivity contribution is 7.89. The summed E-state index contributed by atoms with van der Waals surface area (Å²) < 4.78 is 27.9. The molecule has 0 saturated heterocycles. The summed E-state index contributed by atoms with van der Waals surface area (Å²) >= 11 is 6.12. The van der Waals surface area contributed by atoms with Crippen LogP contribution in [0.5, 0.6) is 0 Å². The molecule has 1 fully saturated rings. The van der Waals surface area contributed by atoms with Crippen molar-refractivity contribution in [1.82, 2.24) is 14.9 Å². The van der Waals surface area contributed by atoms with E-state index in [4.69, 9.17) is 11.6 Å². The van der Waals surface area contributed by atoms with Crippen LogP contribution in [-0.2, 0) is 16.6 Å². The Morgan fingerprint density at radius 3 is 2.55 bits per heavy atom. The number of rotatable bonds is 9. The van der Waals surface area contributed by atoms with Gasteiger partial charge in [0.1, 0.15) is 4.90 Å². The molecule has 1 aliphatic carbocycles. The summed E-state index contributed by atoms with van der Waals surface area (Å²) in [4.78, 5) is 14.7. The summed E-state index contributed by atoms with van der Waals surface area (Å²) in [6.45, 7) is 2.69. The van der Waals surface area contributed by atoms with Gasteiger partial charge in [0.15, 0.2) is 0 Å². The zero-order valence-corrected chi connectivity index (χ0v) is 18.1. The van der Waals surface area contributed by atoms with Gasteiger partial charge < -0.3 is 5.32 Å². The second-order valence-corrected chi connectivity index (χ2v) is 9.55. The second kappa shape index (κ2) is 9.26. The molecule has 0 heterocycles. The summed E-state index contributed by atoms with van der Waals surface area (Å²) in [5, 5.41) is 2.95. The Hall–Kier alpha value is -1.93. The van der Waals surface area contributed by atoms with Crippen LogP contribution in [-0.4, -0.2) is 44.9 Å². The molecule has 0 aromatic heterocycles. The zero-order valence-electron chi connectivity index (χ0n) is 16.6. The van der Waals surface area contributed by atoms with Gasteiger partial charge in [-0.25, -0.2) is 13.1 Å². The van der Waals surface area contributed by atoms with Gasteiger partial charge in [0, 0.05) is 30.7 Å². The average molecular weight is 436 g/mol. The number of hydrogen-bond acceptors (Lipinski definition) is 4. The lowest BCUT2D eigenvalue weighted by molar-refractivity contribution is 0.0939. The summed E-state index contributed by atoms with van der Waals surface area (Å²) in [5.41, 5.74) is 1.09. The molecule has 0 bridgehead atoms. The molecule has 2 aromatic rings. The molecule has 8 heteroatoms. The molecular weight excluding hydrogens is 410 g/mol. The van der Waals surface area contributed by atoms with Gasteiger partial charge in [-0.15, -0.1) is 0 Å². The lowest BCUT2D eigenvalue weighted by Crippen LogP contribution is -2.41. The Balaban J connectivity index is 1.67. The molecule has 0 aliphatic heterocycles. The molecule has 1 saturated carbocycles. The first kappa shape index (κ1) is 21.8. The Morgan fingerprint density at radius 2 is 1.90 bits per heavy atom. The van der Waals surface area contributed by atoms with E-state index in [1.807, 2.05) is 30.3 Å². The number of sulfonamides is 1. The molecule has 1 unspecified atom stereocenters. The van der Waals surface area contributed by atoms with Crippen LogP contribution < -0.4 is 10.0 Å². The van der Waals surface area contributed by atoms with Gasteiger partial charge in [0.05, 0.1) is 5.02 Å². The van der Waals surface area contributed by atoms with Crippen LogP contribution in [0.25, 0.3) is 0 Å². The molecule has 1 amide bonds. The van der Waals surface area contributed by atoms with Gasteiger partial charge in [0.25, 0.3) is 5.91 Å². The first-order chi connectivity index (χ1) is 13.8. The molecule has 156 valence electrons. The number of nitrogens with zero attached hydrogens (tertiary/aromatic N) is 1. The van der Waals surface area contributed by atoms with E-state index in [1.165, 1.54) is 31.0 Å². The SMILES string of the molecule is CC(CNC(=O)c1ccc(Cl)c(S(=O)(=O)NCc2ccccc2)c1)N(C)C1CC1. The minimum Gasteiger partial charge on any atom is -0.350 e. The van der Waals surface area contributed by atoms with E-state index in [0.717, 1.165) is 5.56 Å². The van der Waals surface area contributed by atoms with Gasteiger partial charge in [0.2, 0.25) is 10.0 Å². The highest BCUT2D eigenvalue weighted by atomic mass is 35.5. The molecule has 1 atom stereocenters. The van der Waals surface area contributed by atoms with Gasteiger partial charge in [-0.2, -0.15) is 0 Å². The minimum absolute atomic E-state index is 0.0731. The maximum Gasteiger partial charge on any atom is 0.251 e. The van der Waals surface area contributed by atoms with Gasteiger partial charge in [-0.3, -0.25) is 9.69 Å². The first-order valence-electron chi connectivity index (χ1n) is 9.61. The van der Waals surface area contributed by atoms with Crippen molar-refractivity contribution in [1.29, 1.82) is 0 Å². The van der Waals surface area contributed by atoms with E-state index in [1.54, 1.807) is 0 Å². The van der Waals surface area contributed by atoms with Gasteiger partial charge in [-0.05, 0) is 50.6 Å². The van der Waals surface area contributed by atoms with Crippen LogP contribution in [0, 0.1) is 0 Å². The molecule has 1 aliphatic rings. The quantitative estimate of drug-likeness (QED) is 0.634. The summed E-state index contributed by atoms with van der Waals surface area (Å²) in [7, 11) is -1.81. The molecule has 29 heavy (non-hydrogen) atoms. The molecular formula is C21H26ClN3O3S. The lowest BCUT2D eigenvalue weighted by Gasteiger charge is -2.24. The average Bonchev–Trinajstić information content (AvgIpc) is 3.56. The number of carbonyl (C=O) groups excluding carboxylic acids is 1. The number of hydrogen-bond donors (Lipinski definition) is 2. The third kappa shape index (κ3) is 5.79. The van der Waals surface area contributed by atoms with Crippen molar-refractivity contribution in [2.75, 3.05) is 13.6 Å². The Kier molecular flexibility index (Phi) is 6.95. The molecule has 6 nitrogen and oxygen atoms in total. The predicted octanol–water partition coefficient (Wildman–Crippen LogP) is 3.03. The van der Waals surface area contributed by atoms with E-state index in [9.17, 15) is 13.2 Å². The standard InChI is InChI=1S/C21H26ClN3O3S/c1-15(25(2)18-9-10-18)13-23-21(26)17-8-11-19(22)20(12-17)29(27,28)24-14-16-6-4-3-5-7-16/h3-8,11-12,15,18,24H,9-10,13-14H2,1-2H3,(H,23,26). The number of amides is 1. The Morgan fingerprint density at radius 1 is 1.21 bits per heavy atom. The number of likely N-dealkylation sites (N-methyl/N-ethyl adjacent to an activating group) is 1. The van der Waals surface area contributed by atoms with Crippen molar-refractivity contribution < 1.29 is 13.2 Å². The molecule has 0 radical (unpaired) electrons. The smallest absolute Gasteiger partial charge is 0.251 e. The van der Waals surface area contributed by atoms with Crippen molar-refractivity contribution in [3.63, 3.8) is 0 Å². The zero-order chi connectivity index (χ0) is 21.0. The highest BCUT2D eigenvalue weighted by Gasteiger charge is 2.29. The Labute approximate surface area is 177 Å². The van der Waals surface area contributed by atoms with E-state index in [0.29, 0.717) is 12.6 Å². The van der Waals surface area contributed by atoms with Crippen LogP contribution in [0.3, 0.4) is 0 Å². The maximum atomic E-state index is 12.7. The van der Waals surface area contributed by atoms with Crippen molar-refractivity contribution in [2.24, 2.45) is 0 Å². The fraction of sp³-hybridized carbons (Fsp3) is 0.381. The molecule has 0 spiro atoms. The second-order valence-electron chi connectivity index (χ2n) is 7.41. The molecule has 2 N–H and O–H groups in total. The van der Waals surface area contributed by atoms with E-state index in [-0.39, 0.29) is 34.0 Å². The monoisotopic (exact) mass is 435 g/mol. The summed E-state index contributed by atoms with van der Waals surface area (Å²) in [5.74, 6) is -0.322. The third-order valence-corrected chi connectivity index (χ3v) is 7.05. The summed E-state index contributed by atoms with van der Waals surface area (Å²) in [6.07, 6.45) is 2.40. The van der Waals surface area contributed by atoms with Crippen LogP contribution in [0.1, 0.15) is 35.7 Å². The molecule has 2 aromatic carbocycles. The van der Waals surface area contributed by atoms with Crippen molar-refractivity contribution in [3.8, 4) is 0 Å². The van der Waals surface area contributed by atoms with Crippen LogP contribution in [0.4, 0.5) is 0 Å². The topological polar surface area (TPSA) is 78.5 Å². The molecule has 3 rings (SSSR count). The predicted molar refractivity (Wildman–Crippen MR) is 114 cm³/mol. The van der Waals surface area contributed by atoms with Crippen molar-refractivity contribution >= 4 is 27.5 Å². The van der Waals surface area contributed by atoms with Gasteiger partial charge in [-0.1, -0.05) is 41.9 Å². The van der Waals surface area contributed by atoms with Gasteiger partial charge >= 0.3 is 0 Å². The fourth-order valence-corrected chi connectivity index (χ4v) is 4.57.